The molecule has 2 heterocycles. The number of benzene rings is 2. The molecule has 2 N–H and O–H groups in total. The molecule has 0 atom stereocenters. The van der Waals surface area contributed by atoms with E-state index in [4.69, 9.17) is 5.73 Å². The normalized spacial score (nSPS) is 11.1. The molecule has 0 fully saturated rings. The van der Waals surface area contributed by atoms with Crippen molar-refractivity contribution in [3.63, 3.8) is 0 Å². The van der Waals surface area contributed by atoms with Crippen LogP contribution in [0.5, 0.6) is 0 Å². The molecular formula is C16H9N5O2. The maximum absolute atomic E-state index is 11.0. The molecule has 0 radical (unpaired) electrons. The van der Waals surface area contributed by atoms with Gasteiger partial charge in [0.05, 0.1) is 16.0 Å². The molecule has 23 heavy (non-hydrogen) atoms. The minimum atomic E-state index is -0.485. The Hall–Kier alpha value is -3.66. The van der Waals surface area contributed by atoms with Gasteiger partial charge in [-0.3, -0.25) is 14.5 Å². The lowest BCUT2D eigenvalue weighted by Crippen LogP contribution is -2.01. The van der Waals surface area contributed by atoms with E-state index in [1.807, 2.05) is 24.3 Å². The number of rotatable bonds is 1. The second kappa shape index (κ2) is 4.42. The van der Waals surface area contributed by atoms with Gasteiger partial charge in [0, 0.05) is 22.9 Å². The summed E-state index contributed by atoms with van der Waals surface area (Å²) in [4.78, 5) is 15.0. The molecule has 2 aromatic heterocycles. The highest BCUT2D eigenvalue weighted by atomic mass is 16.6. The topological polar surface area (TPSA) is 110 Å². The Morgan fingerprint density at radius 2 is 2.00 bits per heavy atom. The van der Waals surface area contributed by atoms with Crippen molar-refractivity contribution < 1.29 is 4.92 Å². The molecule has 4 rings (SSSR count). The van der Waals surface area contributed by atoms with E-state index in [9.17, 15) is 15.4 Å². The van der Waals surface area contributed by atoms with Gasteiger partial charge in [0.2, 0.25) is 0 Å². The van der Waals surface area contributed by atoms with Crippen LogP contribution in [0.1, 0.15) is 5.56 Å². The molecular weight excluding hydrogens is 294 g/mol. The minimum Gasteiger partial charge on any atom is -0.384 e. The van der Waals surface area contributed by atoms with Crippen LogP contribution in [0, 0.1) is 21.4 Å². The summed E-state index contributed by atoms with van der Waals surface area (Å²) in [6, 6.07) is 13.8. The van der Waals surface area contributed by atoms with Gasteiger partial charge in [-0.15, -0.1) is 0 Å². The van der Waals surface area contributed by atoms with Gasteiger partial charge in [-0.2, -0.15) is 5.26 Å². The van der Waals surface area contributed by atoms with Gasteiger partial charge >= 0.3 is 0 Å². The first-order chi connectivity index (χ1) is 11.1. The number of para-hydroxylation sites is 2. The SMILES string of the molecule is N#Cc1c2ccc([N+](=O)[O-])cc2c(N)n2c1nc1ccccc12. The van der Waals surface area contributed by atoms with E-state index in [1.54, 1.807) is 10.5 Å². The predicted molar refractivity (Wildman–Crippen MR) is 86.0 cm³/mol. The zero-order chi connectivity index (χ0) is 16.1. The standard InChI is InChI=1S/C16H9N5O2/c17-8-12-10-6-5-9(21(22)23)7-11(10)15(18)20-14-4-2-1-3-13(14)19-16(12)20/h1-7H,18H2. The Labute approximate surface area is 129 Å². The molecule has 110 valence electrons. The molecule has 0 saturated carbocycles. The van der Waals surface area contributed by atoms with Crippen LogP contribution in [-0.4, -0.2) is 14.3 Å². The van der Waals surface area contributed by atoms with Crippen molar-refractivity contribution in [3.8, 4) is 6.07 Å². The van der Waals surface area contributed by atoms with Crippen molar-refractivity contribution in [1.82, 2.24) is 9.38 Å². The summed E-state index contributed by atoms with van der Waals surface area (Å²) in [7, 11) is 0. The zero-order valence-corrected chi connectivity index (χ0v) is 11.7. The van der Waals surface area contributed by atoms with E-state index < -0.39 is 4.92 Å². The molecule has 4 aromatic rings. The lowest BCUT2D eigenvalue weighted by molar-refractivity contribution is -0.384. The largest absolute Gasteiger partial charge is 0.384 e. The maximum Gasteiger partial charge on any atom is 0.270 e. The van der Waals surface area contributed by atoms with Crippen LogP contribution < -0.4 is 5.73 Å². The van der Waals surface area contributed by atoms with E-state index in [1.165, 1.54) is 12.1 Å². The Morgan fingerprint density at radius 3 is 2.74 bits per heavy atom. The van der Waals surface area contributed by atoms with Crippen LogP contribution in [0.4, 0.5) is 11.5 Å². The molecule has 0 spiro atoms. The first-order valence-electron chi connectivity index (χ1n) is 6.78. The predicted octanol–water partition coefficient (Wildman–Crippen LogP) is 3.00. The average Bonchev–Trinajstić information content (AvgIpc) is 2.94. The molecule has 0 aliphatic heterocycles. The number of nitrogen functional groups attached to an aromatic ring is 1. The van der Waals surface area contributed by atoms with Gasteiger partial charge in [-0.25, -0.2) is 4.98 Å². The number of nitro benzene ring substituents is 1. The Bertz CT molecular complexity index is 1170. The molecule has 7 heteroatoms. The Kier molecular flexibility index (Phi) is 2.50. The molecule has 0 aliphatic carbocycles. The van der Waals surface area contributed by atoms with Crippen molar-refractivity contribution in [3.05, 3.63) is 58.1 Å². The number of anilines is 1. The first kappa shape index (κ1) is 13.0. The second-order valence-corrected chi connectivity index (χ2v) is 5.12. The lowest BCUT2D eigenvalue weighted by Gasteiger charge is -2.08. The third-order valence-electron chi connectivity index (χ3n) is 3.90. The summed E-state index contributed by atoms with van der Waals surface area (Å²) in [6.45, 7) is 0. The lowest BCUT2D eigenvalue weighted by atomic mass is 10.1. The highest BCUT2D eigenvalue weighted by Crippen LogP contribution is 2.33. The smallest absolute Gasteiger partial charge is 0.270 e. The summed E-state index contributed by atoms with van der Waals surface area (Å²) in [5.41, 5.74) is 8.44. The number of hydrogen-bond acceptors (Lipinski definition) is 5. The first-order valence-corrected chi connectivity index (χ1v) is 6.78. The highest BCUT2D eigenvalue weighted by molar-refractivity contribution is 6.03. The fourth-order valence-electron chi connectivity index (χ4n) is 2.86. The van der Waals surface area contributed by atoms with E-state index >= 15 is 0 Å². The number of pyridine rings is 1. The molecule has 0 unspecified atom stereocenters. The number of fused-ring (bicyclic) bond motifs is 4. The number of nitrogens with two attached hydrogens (primary N) is 1. The third-order valence-corrected chi connectivity index (χ3v) is 3.90. The number of aromatic nitrogens is 2. The fourth-order valence-corrected chi connectivity index (χ4v) is 2.86. The van der Waals surface area contributed by atoms with Crippen LogP contribution in [0.25, 0.3) is 27.5 Å². The van der Waals surface area contributed by atoms with Gasteiger partial charge in [-0.05, 0) is 18.2 Å². The van der Waals surface area contributed by atoms with Crippen molar-refractivity contribution in [1.29, 1.82) is 5.26 Å². The number of nitriles is 1. The summed E-state index contributed by atoms with van der Waals surface area (Å²) < 4.78 is 1.67. The van der Waals surface area contributed by atoms with Gasteiger partial charge in [-0.1, -0.05) is 12.1 Å². The van der Waals surface area contributed by atoms with Crippen molar-refractivity contribution in [2.45, 2.75) is 0 Å². The van der Waals surface area contributed by atoms with Crippen LogP contribution in [0.15, 0.2) is 42.5 Å². The maximum atomic E-state index is 11.0. The van der Waals surface area contributed by atoms with Gasteiger partial charge < -0.3 is 5.73 Å². The van der Waals surface area contributed by atoms with Gasteiger partial charge in [0.25, 0.3) is 5.69 Å². The van der Waals surface area contributed by atoms with Crippen molar-refractivity contribution in [2.75, 3.05) is 5.73 Å². The van der Waals surface area contributed by atoms with E-state index in [0.29, 0.717) is 33.3 Å². The number of hydrogen-bond donors (Lipinski definition) is 1. The van der Waals surface area contributed by atoms with E-state index in [-0.39, 0.29) is 5.69 Å². The number of non-ortho nitro benzene ring substituents is 1. The summed E-state index contributed by atoms with van der Waals surface area (Å²) >= 11 is 0. The van der Waals surface area contributed by atoms with Crippen molar-refractivity contribution >= 4 is 39.0 Å². The number of imidazole rings is 1. The average molecular weight is 303 g/mol. The van der Waals surface area contributed by atoms with Crippen LogP contribution >= 0.6 is 0 Å². The summed E-state index contributed by atoms with van der Waals surface area (Å²) in [5, 5.41) is 21.6. The third kappa shape index (κ3) is 1.66. The summed E-state index contributed by atoms with van der Waals surface area (Å²) in [6.07, 6.45) is 0. The monoisotopic (exact) mass is 303 g/mol. The van der Waals surface area contributed by atoms with Gasteiger partial charge in [0.1, 0.15) is 17.5 Å². The van der Waals surface area contributed by atoms with Crippen LogP contribution in [-0.2, 0) is 0 Å². The minimum absolute atomic E-state index is 0.0724. The molecule has 2 aromatic carbocycles. The fraction of sp³-hybridized carbons (Fsp3) is 0. The Morgan fingerprint density at radius 1 is 1.22 bits per heavy atom. The zero-order valence-electron chi connectivity index (χ0n) is 11.7. The highest BCUT2D eigenvalue weighted by Gasteiger charge is 2.18. The van der Waals surface area contributed by atoms with Crippen LogP contribution in [0.3, 0.4) is 0 Å². The molecule has 0 aliphatic rings. The summed E-state index contributed by atoms with van der Waals surface area (Å²) in [5.74, 6) is 0.325. The quantitative estimate of drug-likeness (QED) is 0.429. The van der Waals surface area contributed by atoms with Gasteiger partial charge in [0.15, 0.2) is 5.65 Å². The molecule has 7 nitrogen and oxygen atoms in total. The molecule has 0 saturated heterocycles. The molecule has 0 bridgehead atoms. The van der Waals surface area contributed by atoms with E-state index in [2.05, 4.69) is 11.1 Å². The molecule has 0 amide bonds. The van der Waals surface area contributed by atoms with Crippen molar-refractivity contribution in [2.24, 2.45) is 0 Å². The Balaban J connectivity index is 2.31. The number of nitro groups is 1. The van der Waals surface area contributed by atoms with Crippen LogP contribution in [0.2, 0.25) is 0 Å². The second-order valence-electron chi connectivity index (χ2n) is 5.12. The van der Waals surface area contributed by atoms with E-state index in [0.717, 1.165) is 5.52 Å². The number of nitrogens with zero attached hydrogens (tertiary/aromatic N) is 4.